The van der Waals surface area contributed by atoms with Gasteiger partial charge in [-0.15, -0.1) is 0 Å². The maximum absolute atomic E-state index is 11.6. The van der Waals surface area contributed by atoms with Crippen molar-refractivity contribution < 1.29 is 19.0 Å². The van der Waals surface area contributed by atoms with Gasteiger partial charge in [0, 0.05) is 26.7 Å². The molecule has 0 atom stereocenters. The number of carbonyl (C=O) groups is 1. The van der Waals surface area contributed by atoms with Crippen molar-refractivity contribution >= 4 is 11.9 Å². The van der Waals surface area contributed by atoms with Crippen molar-refractivity contribution in [2.45, 2.75) is 19.3 Å². The standard InChI is InChI=1S/C18H25N3O4/c1-19-18(21-9-6-14(7-10-21)17(22)23-2)20-8-5-13-3-4-15-16(11-13)25-12-24-15/h3-4,11,14H,5-10,12H2,1-2H3,(H,19,20). The first-order valence-corrected chi connectivity index (χ1v) is 8.63. The van der Waals surface area contributed by atoms with Gasteiger partial charge in [-0.3, -0.25) is 9.79 Å². The first kappa shape index (κ1) is 17.4. The van der Waals surface area contributed by atoms with Crippen LogP contribution >= 0.6 is 0 Å². The highest BCUT2D eigenvalue weighted by atomic mass is 16.7. The quantitative estimate of drug-likeness (QED) is 0.505. The first-order valence-electron chi connectivity index (χ1n) is 8.63. The number of guanidine groups is 1. The minimum absolute atomic E-state index is 0.00740. The monoisotopic (exact) mass is 347 g/mol. The predicted octanol–water partition coefficient (Wildman–Crippen LogP) is 1.42. The second kappa shape index (κ2) is 8.09. The summed E-state index contributed by atoms with van der Waals surface area (Å²) in [6.45, 7) is 2.70. The number of likely N-dealkylation sites (tertiary alicyclic amines) is 1. The molecule has 25 heavy (non-hydrogen) atoms. The number of fused-ring (bicyclic) bond motifs is 1. The number of piperidine rings is 1. The third-order valence-corrected chi connectivity index (χ3v) is 4.67. The molecule has 1 saturated heterocycles. The van der Waals surface area contributed by atoms with Crippen LogP contribution in [0.4, 0.5) is 0 Å². The number of hydrogen-bond acceptors (Lipinski definition) is 5. The number of hydrogen-bond donors (Lipinski definition) is 1. The number of benzene rings is 1. The third kappa shape index (κ3) is 4.15. The van der Waals surface area contributed by atoms with Gasteiger partial charge < -0.3 is 24.4 Å². The fourth-order valence-corrected chi connectivity index (χ4v) is 3.24. The minimum Gasteiger partial charge on any atom is -0.469 e. The molecular formula is C18H25N3O4. The third-order valence-electron chi connectivity index (χ3n) is 4.67. The van der Waals surface area contributed by atoms with Crippen molar-refractivity contribution in [2.24, 2.45) is 10.9 Å². The van der Waals surface area contributed by atoms with Gasteiger partial charge in [0.15, 0.2) is 17.5 Å². The Morgan fingerprint density at radius 1 is 1.32 bits per heavy atom. The normalized spacial score (nSPS) is 17.5. The van der Waals surface area contributed by atoms with E-state index in [0.29, 0.717) is 6.79 Å². The molecule has 0 bridgehead atoms. The van der Waals surface area contributed by atoms with Gasteiger partial charge in [0.05, 0.1) is 13.0 Å². The van der Waals surface area contributed by atoms with E-state index in [1.165, 1.54) is 12.7 Å². The summed E-state index contributed by atoms with van der Waals surface area (Å²) in [4.78, 5) is 18.2. The van der Waals surface area contributed by atoms with Crippen LogP contribution < -0.4 is 14.8 Å². The van der Waals surface area contributed by atoms with Gasteiger partial charge >= 0.3 is 5.97 Å². The Labute approximate surface area is 148 Å². The van der Waals surface area contributed by atoms with Crippen LogP contribution in [-0.4, -0.2) is 57.4 Å². The molecule has 7 heteroatoms. The molecular weight excluding hydrogens is 322 g/mol. The zero-order valence-corrected chi connectivity index (χ0v) is 14.8. The lowest BCUT2D eigenvalue weighted by atomic mass is 9.97. The topological polar surface area (TPSA) is 72.4 Å². The van der Waals surface area contributed by atoms with Crippen molar-refractivity contribution in [3.05, 3.63) is 23.8 Å². The Morgan fingerprint density at radius 3 is 2.80 bits per heavy atom. The predicted molar refractivity (Wildman–Crippen MR) is 93.9 cm³/mol. The van der Waals surface area contributed by atoms with Gasteiger partial charge in [0.25, 0.3) is 0 Å². The molecule has 0 aromatic heterocycles. The van der Waals surface area contributed by atoms with Crippen molar-refractivity contribution in [3.8, 4) is 11.5 Å². The zero-order chi connectivity index (χ0) is 17.6. The summed E-state index contributed by atoms with van der Waals surface area (Å²) in [5.41, 5.74) is 1.19. The summed E-state index contributed by atoms with van der Waals surface area (Å²) < 4.78 is 15.6. The summed E-state index contributed by atoms with van der Waals surface area (Å²) in [7, 11) is 3.24. The van der Waals surface area contributed by atoms with E-state index in [2.05, 4.69) is 21.3 Å². The van der Waals surface area contributed by atoms with Gasteiger partial charge in [0.2, 0.25) is 6.79 Å². The zero-order valence-electron chi connectivity index (χ0n) is 14.8. The fourth-order valence-electron chi connectivity index (χ4n) is 3.24. The average Bonchev–Trinajstić information content (AvgIpc) is 3.12. The largest absolute Gasteiger partial charge is 0.469 e. The maximum Gasteiger partial charge on any atom is 0.308 e. The summed E-state index contributed by atoms with van der Waals surface area (Å²) in [5.74, 6) is 2.40. The summed E-state index contributed by atoms with van der Waals surface area (Å²) in [5, 5.41) is 3.40. The maximum atomic E-state index is 11.6. The van der Waals surface area contributed by atoms with Crippen molar-refractivity contribution in [1.29, 1.82) is 0 Å². The van der Waals surface area contributed by atoms with E-state index < -0.39 is 0 Å². The van der Waals surface area contributed by atoms with Crippen molar-refractivity contribution in [2.75, 3.05) is 40.6 Å². The fraction of sp³-hybridized carbons (Fsp3) is 0.556. The summed E-state index contributed by atoms with van der Waals surface area (Å²) in [6, 6.07) is 6.03. The van der Waals surface area contributed by atoms with Gasteiger partial charge in [-0.2, -0.15) is 0 Å². The molecule has 1 aromatic carbocycles. The van der Waals surface area contributed by atoms with Gasteiger partial charge in [-0.25, -0.2) is 0 Å². The lowest BCUT2D eigenvalue weighted by Gasteiger charge is -2.33. The Bertz CT molecular complexity index is 639. The molecule has 0 saturated carbocycles. The van der Waals surface area contributed by atoms with Crippen LogP contribution in [0, 0.1) is 5.92 Å². The van der Waals surface area contributed by atoms with Crippen molar-refractivity contribution in [1.82, 2.24) is 10.2 Å². The first-order chi connectivity index (χ1) is 12.2. The van der Waals surface area contributed by atoms with Crippen LogP contribution in [-0.2, 0) is 16.0 Å². The number of esters is 1. The van der Waals surface area contributed by atoms with Crippen LogP contribution in [0.1, 0.15) is 18.4 Å². The molecule has 2 aliphatic rings. The molecule has 2 heterocycles. The highest BCUT2D eigenvalue weighted by molar-refractivity contribution is 5.80. The van der Waals surface area contributed by atoms with Crippen LogP contribution in [0.5, 0.6) is 11.5 Å². The molecule has 0 spiro atoms. The number of rotatable bonds is 4. The second-order valence-electron chi connectivity index (χ2n) is 6.20. The smallest absolute Gasteiger partial charge is 0.308 e. The van der Waals surface area contributed by atoms with E-state index >= 15 is 0 Å². The van der Waals surface area contributed by atoms with E-state index in [9.17, 15) is 4.79 Å². The van der Waals surface area contributed by atoms with Gasteiger partial charge in [-0.1, -0.05) is 6.07 Å². The molecule has 136 valence electrons. The highest BCUT2D eigenvalue weighted by Gasteiger charge is 2.26. The molecule has 1 N–H and O–H groups in total. The molecule has 7 nitrogen and oxygen atoms in total. The molecule has 1 fully saturated rings. The minimum atomic E-state index is -0.106. The number of nitrogens with zero attached hydrogens (tertiary/aromatic N) is 2. The molecule has 0 aliphatic carbocycles. The van der Waals surface area contributed by atoms with Crippen LogP contribution in [0.3, 0.4) is 0 Å². The molecule has 2 aliphatic heterocycles. The van der Waals surface area contributed by atoms with E-state index in [0.717, 1.165) is 56.4 Å². The number of nitrogens with one attached hydrogen (secondary N) is 1. The van der Waals surface area contributed by atoms with Crippen LogP contribution in [0.15, 0.2) is 23.2 Å². The number of aliphatic imine (C=N–C) groups is 1. The Balaban J connectivity index is 1.46. The molecule has 0 unspecified atom stereocenters. The lowest BCUT2D eigenvalue weighted by molar-refractivity contribution is -0.146. The highest BCUT2D eigenvalue weighted by Crippen LogP contribution is 2.32. The van der Waals surface area contributed by atoms with Gasteiger partial charge in [0.1, 0.15) is 0 Å². The van der Waals surface area contributed by atoms with Crippen molar-refractivity contribution in [3.63, 3.8) is 0 Å². The Morgan fingerprint density at radius 2 is 2.08 bits per heavy atom. The molecule has 3 rings (SSSR count). The molecule has 1 aromatic rings. The van der Waals surface area contributed by atoms with Crippen LogP contribution in [0.2, 0.25) is 0 Å². The molecule has 0 radical (unpaired) electrons. The summed E-state index contributed by atoms with van der Waals surface area (Å²) >= 11 is 0. The average molecular weight is 347 g/mol. The summed E-state index contributed by atoms with van der Waals surface area (Å²) in [6.07, 6.45) is 2.47. The van der Waals surface area contributed by atoms with E-state index in [1.54, 1.807) is 7.05 Å². The number of carbonyl (C=O) groups excluding carboxylic acids is 1. The Kier molecular flexibility index (Phi) is 5.63. The van der Waals surface area contributed by atoms with Crippen LogP contribution in [0.25, 0.3) is 0 Å². The number of ether oxygens (including phenoxy) is 3. The van der Waals surface area contributed by atoms with Gasteiger partial charge in [-0.05, 0) is 37.0 Å². The van der Waals surface area contributed by atoms with E-state index in [4.69, 9.17) is 14.2 Å². The second-order valence-corrected chi connectivity index (χ2v) is 6.20. The number of methoxy groups -OCH3 is 1. The molecule has 0 amide bonds. The van der Waals surface area contributed by atoms with E-state index in [-0.39, 0.29) is 11.9 Å². The lowest BCUT2D eigenvalue weighted by Crippen LogP contribution is -2.47. The SMILES string of the molecule is CN=C(NCCc1ccc2c(c1)OCO2)N1CCC(C(=O)OC)CC1. The Hall–Kier alpha value is -2.44. The van der Waals surface area contributed by atoms with E-state index in [1.807, 2.05) is 12.1 Å².